The van der Waals surface area contributed by atoms with Gasteiger partial charge in [0.2, 0.25) is 5.91 Å². The first kappa shape index (κ1) is 27.3. The number of fused-ring (bicyclic) bond motifs is 1. The lowest BCUT2D eigenvalue weighted by Gasteiger charge is -2.29. The van der Waals surface area contributed by atoms with E-state index in [2.05, 4.69) is 10.3 Å². The SMILES string of the molecule is Cc1cccc(Cl)c1Nc1nc2ccc(CC(=O)N3C[C@@H](F)C[C@H]3COC3CCC(C(=O)O)CC3)c(F)c2o1. The van der Waals surface area contributed by atoms with E-state index in [1.807, 2.05) is 19.1 Å². The van der Waals surface area contributed by atoms with Gasteiger partial charge in [-0.3, -0.25) is 9.59 Å². The smallest absolute Gasteiger partial charge is 0.306 e. The Morgan fingerprint density at radius 2 is 2.00 bits per heavy atom. The Kier molecular flexibility index (Phi) is 8.04. The van der Waals surface area contributed by atoms with Crippen LogP contribution >= 0.6 is 11.6 Å². The van der Waals surface area contributed by atoms with E-state index in [-0.39, 0.29) is 60.7 Å². The molecule has 2 heterocycles. The zero-order valence-corrected chi connectivity index (χ0v) is 22.2. The fraction of sp³-hybridized carbons (Fsp3) is 0.464. The lowest BCUT2D eigenvalue weighted by Crippen LogP contribution is -2.40. The van der Waals surface area contributed by atoms with Crippen molar-refractivity contribution in [2.24, 2.45) is 5.92 Å². The Hall–Kier alpha value is -3.24. The van der Waals surface area contributed by atoms with Crippen molar-refractivity contribution in [2.75, 3.05) is 18.5 Å². The predicted molar refractivity (Wildman–Crippen MR) is 141 cm³/mol. The molecule has 2 aromatic carbocycles. The summed E-state index contributed by atoms with van der Waals surface area (Å²) in [6, 6.07) is 8.06. The normalized spacial score (nSPS) is 23.3. The maximum atomic E-state index is 15.4. The van der Waals surface area contributed by atoms with Gasteiger partial charge < -0.3 is 24.5 Å². The maximum absolute atomic E-state index is 15.4. The van der Waals surface area contributed by atoms with Crippen LogP contribution in [0.5, 0.6) is 0 Å². The summed E-state index contributed by atoms with van der Waals surface area (Å²) in [5, 5.41) is 12.6. The number of para-hydroxylation sites is 1. The molecule has 1 aromatic heterocycles. The van der Waals surface area contributed by atoms with Crippen LogP contribution in [-0.4, -0.2) is 58.3 Å². The molecule has 1 amide bonds. The number of ether oxygens (including phenoxy) is 1. The van der Waals surface area contributed by atoms with Crippen LogP contribution in [0.15, 0.2) is 34.7 Å². The number of hydrogen-bond acceptors (Lipinski definition) is 6. The van der Waals surface area contributed by atoms with E-state index in [0.29, 0.717) is 36.4 Å². The molecule has 0 radical (unpaired) electrons. The second-order valence-electron chi connectivity index (χ2n) is 10.3. The second kappa shape index (κ2) is 11.5. The van der Waals surface area contributed by atoms with Gasteiger partial charge in [-0.05, 0) is 50.3 Å². The van der Waals surface area contributed by atoms with Crippen molar-refractivity contribution in [2.45, 2.75) is 63.8 Å². The molecular weight excluding hydrogens is 532 g/mol. The highest BCUT2D eigenvalue weighted by molar-refractivity contribution is 6.33. The number of anilines is 2. The fourth-order valence-electron chi connectivity index (χ4n) is 5.40. The third-order valence-electron chi connectivity index (χ3n) is 7.60. The Labute approximate surface area is 229 Å². The minimum Gasteiger partial charge on any atom is -0.481 e. The summed E-state index contributed by atoms with van der Waals surface area (Å²) in [6.07, 6.45) is 0.902. The van der Waals surface area contributed by atoms with Crippen molar-refractivity contribution in [3.63, 3.8) is 0 Å². The molecule has 1 aliphatic heterocycles. The lowest BCUT2D eigenvalue weighted by molar-refractivity contribution is -0.144. The lowest BCUT2D eigenvalue weighted by atomic mass is 9.87. The van der Waals surface area contributed by atoms with E-state index >= 15 is 4.39 Å². The number of amides is 1. The number of likely N-dealkylation sites (tertiary alicyclic amines) is 1. The molecule has 0 unspecified atom stereocenters. The third kappa shape index (κ3) is 6.01. The monoisotopic (exact) mass is 561 g/mol. The zero-order valence-electron chi connectivity index (χ0n) is 21.5. The van der Waals surface area contributed by atoms with Gasteiger partial charge >= 0.3 is 5.97 Å². The number of aliphatic carboxylic acids is 1. The van der Waals surface area contributed by atoms with Crippen molar-refractivity contribution in [1.29, 1.82) is 0 Å². The van der Waals surface area contributed by atoms with Crippen LogP contribution in [0, 0.1) is 18.7 Å². The van der Waals surface area contributed by atoms with Crippen LogP contribution in [0.3, 0.4) is 0 Å². The van der Waals surface area contributed by atoms with Gasteiger partial charge in [-0.1, -0.05) is 29.8 Å². The van der Waals surface area contributed by atoms with E-state index in [4.69, 9.17) is 25.9 Å². The number of rotatable bonds is 8. The zero-order chi connectivity index (χ0) is 27.7. The standard InChI is InChI=1S/C28H30ClF2N3O5/c1-15-3-2-4-21(29)25(15)33-28-32-22-10-7-17(24(31)26(22)39-28)11-23(35)34-13-18(30)12-19(34)14-38-20-8-5-16(6-9-20)27(36)37/h2-4,7,10,16,18-20H,5-6,8-9,11-14H2,1H3,(H,32,33)(H,36,37)/t16?,18-,19-,20?/m0/s1. The Morgan fingerprint density at radius 1 is 1.23 bits per heavy atom. The summed E-state index contributed by atoms with van der Waals surface area (Å²) in [6.45, 7) is 1.95. The number of nitrogens with one attached hydrogen (secondary N) is 1. The largest absolute Gasteiger partial charge is 0.481 e. The molecule has 1 saturated carbocycles. The highest BCUT2D eigenvalue weighted by Gasteiger charge is 2.37. The highest BCUT2D eigenvalue weighted by atomic mass is 35.5. The molecule has 8 nitrogen and oxygen atoms in total. The average Bonchev–Trinajstić information content (AvgIpc) is 3.50. The maximum Gasteiger partial charge on any atom is 0.306 e. The first-order valence-corrected chi connectivity index (χ1v) is 13.5. The molecule has 2 N–H and O–H groups in total. The van der Waals surface area contributed by atoms with Gasteiger partial charge in [0.1, 0.15) is 11.7 Å². The van der Waals surface area contributed by atoms with Crippen LogP contribution in [0.2, 0.25) is 5.02 Å². The van der Waals surface area contributed by atoms with E-state index in [0.717, 1.165) is 5.56 Å². The molecule has 208 valence electrons. The Morgan fingerprint density at radius 3 is 2.72 bits per heavy atom. The van der Waals surface area contributed by atoms with Crippen molar-refractivity contribution in [1.82, 2.24) is 9.88 Å². The highest BCUT2D eigenvalue weighted by Crippen LogP contribution is 2.32. The summed E-state index contributed by atoms with van der Waals surface area (Å²) in [4.78, 5) is 30.0. The number of benzene rings is 2. The minimum absolute atomic E-state index is 0.0676. The molecule has 0 spiro atoms. The number of carboxylic acids is 1. The van der Waals surface area contributed by atoms with Crippen molar-refractivity contribution >= 4 is 46.3 Å². The molecule has 1 aliphatic carbocycles. The number of aryl methyl sites for hydroxylation is 1. The Bertz CT molecular complexity index is 1350. The number of aromatic nitrogens is 1. The number of carbonyl (C=O) groups excluding carboxylic acids is 1. The molecule has 2 atom stereocenters. The number of oxazole rings is 1. The van der Waals surface area contributed by atoms with Crippen LogP contribution in [0.1, 0.15) is 43.2 Å². The van der Waals surface area contributed by atoms with Crippen LogP contribution in [0.4, 0.5) is 20.5 Å². The Balaban J connectivity index is 1.24. The van der Waals surface area contributed by atoms with Gasteiger partial charge in [-0.2, -0.15) is 4.98 Å². The number of halogens is 3. The van der Waals surface area contributed by atoms with E-state index < -0.39 is 29.9 Å². The van der Waals surface area contributed by atoms with Crippen LogP contribution in [0.25, 0.3) is 11.1 Å². The van der Waals surface area contributed by atoms with Gasteiger partial charge in [0.15, 0.2) is 11.4 Å². The average molecular weight is 562 g/mol. The van der Waals surface area contributed by atoms with E-state index in [1.54, 1.807) is 12.1 Å². The van der Waals surface area contributed by atoms with Gasteiger partial charge in [-0.15, -0.1) is 0 Å². The summed E-state index contributed by atoms with van der Waals surface area (Å²) in [5.74, 6) is -2.24. The minimum atomic E-state index is -1.19. The topological polar surface area (TPSA) is 105 Å². The van der Waals surface area contributed by atoms with Crippen LogP contribution < -0.4 is 5.32 Å². The van der Waals surface area contributed by atoms with E-state index in [1.165, 1.54) is 11.0 Å². The van der Waals surface area contributed by atoms with E-state index in [9.17, 15) is 14.0 Å². The number of hydrogen-bond donors (Lipinski definition) is 2. The molecule has 11 heteroatoms. The molecule has 2 fully saturated rings. The summed E-state index contributed by atoms with van der Waals surface area (Å²) < 4.78 is 41.3. The fourth-order valence-corrected chi connectivity index (χ4v) is 5.67. The molecular formula is C28H30ClF2N3O5. The van der Waals surface area contributed by atoms with Crippen molar-refractivity contribution in [3.05, 3.63) is 52.3 Å². The molecule has 39 heavy (non-hydrogen) atoms. The summed E-state index contributed by atoms with van der Waals surface area (Å²) in [5.41, 5.74) is 1.77. The quantitative estimate of drug-likeness (QED) is 0.357. The van der Waals surface area contributed by atoms with Gasteiger partial charge in [-0.25, -0.2) is 8.78 Å². The van der Waals surface area contributed by atoms with Gasteiger partial charge in [0, 0.05) is 12.0 Å². The number of alkyl halides is 1. The van der Waals surface area contributed by atoms with Gasteiger partial charge in [0.05, 0.1) is 48.3 Å². The van der Waals surface area contributed by atoms with Gasteiger partial charge in [0.25, 0.3) is 6.01 Å². The number of carbonyl (C=O) groups is 2. The first-order chi connectivity index (χ1) is 18.7. The second-order valence-corrected chi connectivity index (χ2v) is 10.7. The predicted octanol–water partition coefficient (Wildman–Crippen LogP) is 5.81. The number of nitrogens with zero attached hydrogens (tertiary/aromatic N) is 2. The molecule has 5 rings (SSSR count). The molecule has 1 saturated heterocycles. The summed E-state index contributed by atoms with van der Waals surface area (Å²) >= 11 is 6.25. The third-order valence-corrected chi connectivity index (χ3v) is 7.92. The van der Waals surface area contributed by atoms with Crippen molar-refractivity contribution < 1.29 is 32.6 Å². The molecule has 3 aromatic rings. The first-order valence-electron chi connectivity index (χ1n) is 13.1. The van der Waals surface area contributed by atoms with Crippen molar-refractivity contribution in [3.8, 4) is 0 Å². The summed E-state index contributed by atoms with van der Waals surface area (Å²) in [7, 11) is 0. The molecule has 0 bridgehead atoms. The number of carboxylic acid groups (broad SMARTS) is 1. The van der Waals surface area contributed by atoms with Crippen LogP contribution in [-0.2, 0) is 20.7 Å². The molecule has 2 aliphatic rings.